The average molecular weight is 529 g/mol. The van der Waals surface area contributed by atoms with Gasteiger partial charge in [0.15, 0.2) is 0 Å². The minimum absolute atomic E-state index is 0.230. The lowest BCUT2D eigenvalue weighted by Crippen LogP contribution is -2.46. The van der Waals surface area contributed by atoms with Crippen molar-refractivity contribution in [2.24, 2.45) is 0 Å². The molecule has 2 unspecified atom stereocenters. The summed E-state index contributed by atoms with van der Waals surface area (Å²) in [5.41, 5.74) is 4.08. The van der Waals surface area contributed by atoms with Crippen LogP contribution in [0.15, 0.2) is 91.0 Å². The molecule has 38 heavy (non-hydrogen) atoms. The van der Waals surface area contributed by atoms with Gasteiger partial charge in [0.25, 0.3) is 0 Å². The Morgan fingerprint density at radius 2 is 1.50 bits per heavy atom. The van der Waals surface area contributed by atoms with Crippen molar-refractivity contribution in [3.05, 3.63) is 113 Å². The van der Waals surface area contributed by atoms with E-state index in [-0.39, 0.29) is 11.3 Å². The third-order valence-corrected chi connectivity index (χ3v) is 6.76. The number of nitrogens with zero attached hydrogens (tertiary/aromatic N) is 2. The molecule has 0 aliphatic heterocycles. The normalized spacial score (nSPS) is 13.0. The monoisotopic (exact) mass is 528 g/mol. The van der Waals surface area contributed by atoms with Crippen LogP contribution in [0.25, 0.3) is 5.69 Å². The van der Waals surface area contributed by atoms with Crippen molar-refractivity contribution < 1.29 is 9.59 Å². The zero-order valence-corrected chi connectivity index (χ0v) is 22.9. The summed E-state index contributed by atoms with van der Waals surface area (Å²) in [6.45, 7) is 8.23. The summed E-state index contributed by atoms with van der Waals surface area (Å²) in [4.78, 5) is 26.9. The first-order valence-electron chi connectivity index (χ1n) is 12.6. The van der Waals surface area contributed by atoms with Gasteiger partial charge in [-0.3, -0.25) is 9.59 Å². The molecule has 0 aliphatic carbocycles. The van der Waals surface area contributed by atoms with E-state index >= 15 is 0 Å². The molecule has 0 bridgehead atoms. The molecule has 0 spiro atoms. The summed E-state index contributed by atoms with van der Waals surface area (Å²) in [6, 6.07) is 27.6. The second kappa shape index (κ2) is 11.7. The van der Waals surface area contributed by atoms with E-state index in [1.54, 1.807) is 16.8 Å². The molecule has 0 radical (unpaired) electrons. The summed E-state index contributed by atoms with van der Waals surface area (Å²) in [6.07, 6.45) is 0.307. The Balaban J connectivity index is 1.65. The van der Waals surface area contributed by atoms with Gasteiger partial charge in [0.05, 0.1) is 11.4 Å². The van der Waals surface area contributed by atoms with Crippen LogP contribution in [0, 0.1) is 6.92 Å². The Hall–Kier alpha value is -3.90. The van der Waals surface area contributed by atoms with Gasteiger partial charge in [-0.1, -0.05) is 99.6 Å². The van der Waals surface area contributed by atoms with Crippen LogP contribution in [0.4, 0.5) is 5.82 Å². The van der Waals surface area contributed by atoms with Gasteiger partial charge in [-0.15, -0.1) is 11.6 Å². The smallest absolute Gasteiger partial charge is 0.248 e. The van der Waals surface area contributed by atoms with E-state index in [2.05, 4.69) is 31.4 Å². The summed E-state index contributed by atoms with van der Waals surface area (Å²) >= 11 is 6.49. The van der Waals surface area contributed by atoms with Crippen LogP contribution >= 0.6 is 11.6 Å². The lowest BCUT2D eigenvalue weighted by molar-refractivity contribution is -0.126. The van der Waals surface area contributed by atoms with Crippen LogP contribution in [-0.4, -0.2) is 27.6 Å². The quantitative estimate of drug-likeness (QED) is 0.270. The van der Waals surface area contributed by atoms with Gasteiger partial charge in [-0.05, 0) is 29.7 Å². The first kappa shape index (κ1) is 27.1. The van der Waals surface area contributed by atoms with Crippen molar-refractivity contribution in [3.63, 3.8) is 0 Å². The molecule has 4 aromatic rings. The Kier molecular flexibility index (Phi) is 8.32. The molecule has 2 atom stereocenters. The first-order valence-corrected chi connectivity index (χ1v) is 13.1. The SMILES string of the molecule is Cc1ccccc1-n1nc(C(C)(C)C)cc1NC(=O)C(Cc1ccccc1)NC(=O)C(Cl)c1ccccc1. The van der Waals surface area contributed by atoms with E-state index in [4.69, 9.17) is 16.7 Å². The first-order chi connectivity index (χ1) is 18.1. The minimum atomic E-state index is -0.924. The van der Waals surface area contributed by atoms with Crippen LogP contribution in [0.1, 0.15) is 48.5 Å². The third kappa shape index (κ3) is 6.50. The molecule has 0 aliphatic rings. The number of halogens is 1. The number of benzene rings is 3. The van der Waals surface area contributed by atoms with Gasteiger partial charge in [0.2, 0.25) is 11.8 Å². The fourth-order valence-electron chi connectivity index (χ4n) is 4.11. The Morgan fingerprint density at radius 3 is 2.13 bits per heavy atom. The van der Waals surface area contributed by atoms with Gasteiger partial charge in [0.1, 0.15) is 17.2 Å². The van der Waals surface area contributed by atoms with E-state index in [0.29, 0.717) is 17.8 Å². The standard InChI is InChI=1S/C31H33ClN4O2/c1-21-13-11-12-18-25(21)36-27(20-26(35-36)31(2,3)4)34-29(37)24(19-22-14-7-5-8-15-22)33-30(38)28(32)23-16-9-6-10-17-23/h5-18,20,24,28H,19H2,1-4H3,(H,33,38)(H,34,37). The molecule has 4 rings (SSSR count). The Labute approximate surface area is 229 Å². The van der Waals surface area contributed by atoms with Crippen molar-refractivity contribution in [2.75, 3.05) is 5.32 Å². The number of carbonyl (C=O) groups is 2. The maximum Gasteiger partial charge on any atom is 0.248 e. The Morgan fingerprint density at radius 1 is 0.895 bits per heavy atom. The molecular weight excluding hydrogens is 496 g/mol. The molecule has 1 heterocycles. The molecule has 3 aromatic carbocycles. The van der Waals surface area contributed by atoms with Crippen LogP contribution < -0.4 is 10.6 Å². The zero-order chi connectivity index (χ0) is 27.3. The third-order valence-electron chi connectivity index (χ3n) is 6.31. The van der Waals surface area contributed by atoms with Gasteiger partial charge in [-0.25, -0.2) is 4.68 Å². The summed E-state index contributed by atoms with van der Waals surface area (Å²) in [7, 11) is 0. The number of nitrogens with one attached hydrogen (secondary N) is 2. The molecule has 196 valence electrons. The number of hydrogen-bond acceptors (Lipinski definition) is 3. The molecule has 0 fully saturated rings. The maximum absolute atomic E-state index is 13.7. The second-order valence-corrected chi connectivity index (χ2v) is 10.8. The highest BCUT2D eigenvalue weighted by atomic mass is 35.5. The molecule has 2 amide bonds. The number of aryl methyl sites for hydroxylation is 1. The van der Waals surface area contributed by atoms with Crippen LogP contribution in [0.2, 0.25) is 0 Å². The zero-order valence-electron chi connectivity index (χ0n) is 22.1. The molecule has 1 aromatic heterocycles. The molecule has 0 saturated heterocycles. The van der Waals surface area contributed by atoms with E-state index < -0.39 is 17.3 Å². The van der Waals surface area contributed by atoms with Gasteiger partial charge < -0.3 is 10.6 Å². The summed E-state index contributed by atoms with van der Waals surface area (Å²) in [5, 5.41) is 9.82. The Bertz CT molecular complexity index is 1390. The van der Waals surface area contributed by atoms with Crippen molar-refractivity contribution in [2.45, 2.75) is 50.9 Å². The van der Waals surface area contributed by atoms with Crippen molar-refractivity contribution in [1.29, 1.82) is 0 Å². The number of anilines is 1. The average Bonchev–Trinajstić information content (AvgIpc) is 3.33. The number of rotatable bonds is 8. The van der Waals surface area contributed by atoms with E-state index in [0.717, 1.165) is 22.5 Å². The molecular formula is C31H33ClN4O2. The second-order valence-electron chi connectivity index (χ2n) is 10.4. The van der Waals surface area contributed by atoms with Crippen molar-refractivity contribution in [1.82, 2.24) is 15.1 Å². The number of amides is 2. The predicted octanol–water partition coefficient (Wildman–Crippen LogP) is 6.12. The number of aromatic nitrogens is 2. The van der Waals surface area contributed by atoms with E-state index in [1.165, 1.54) is 0 Å². The molecule has 2 N–H and O–H groups in total. The van der Waals surface area contributed by atoms with Gasteiger partial charge in [-0.2, -0.15) is 5.10 Å². The number of para-hydroxylation sites is 1. The van der Waals surface area contributed by atoms with Gasteiger partial charge in [0, 0.05) is 17.9 Å². The lowest BCUT2D eigenvalue weighted by atomic mass is 9.92. The number of hydrogen-bond donors (Lipinski definition) is 2. The lowest BCUT2D eigenvalue weighted by Gasteiger charge is -2.21. The largest absolute Gasteiger partial charge is 0.342 e. The fraction of sp³-hybridized carbons (Fsp3) is 0.258. The minimum Gasteiger partial charge on any atom is -0.342 e. The van der Waals surface area contributed by atoms with Crippen LogP contribution in [0.5, 0.6) is 0 Å². The highest BCUT2D eigenvalue weighted by Gasteiger charge is 2.28. The van der Waals surface area contributed by atoms with Crippen LogP contribution in [0.3, 0.4) is 0 Å². The van der Waals surface area contributed by atoms with E-state index in [1.807, 2.05) is 85.8 Å². The van der Waals surface area contributed by atoms with Crippen molar-refractivity contribution >= 4 is 29.2 Å². The highest BCUT2D eigenvalue weighted by Crippen LogP contribution is 2.28. The van der Waals surface area contributed by atoms with Gasteiger partial charge >= 0.3 is 0 Å². The van der Waals surface area contributed by atoms with Crippen molar-refractivity contribution in [3.8, 4) is 5.69 Å². The predicted molar refractivity (Wildman–Crippen MR) is 153 cm³/mol. The summed E-state index contributed by atoms with van der Waals surface area (Å²) in [5.74, 6) is -0.252. The van der Waals surface area contributed by atoms with Crippen LogP contribution in [-0.2, 0) is 21.4 Å². The summed E-state index contributed by atoms with van der Waals surface area (Å²) < 4.78 is 1.75. The molecule has 0 saturated carbocycles. The molecule has 7 heteroatoms. The molecule has 6 nitrogen and oxygen atoms in total. The van der Waals surface area contributed by atoms with E-state index in [9.17, 15) is 9.59 Å². The number of alkyl halides is 1. The maximum atomic E-state index is 13.7. The number of carbonyl (C=O) groups excluding carboxylic acids is 2. The fourth-order valence-corrected chi connectivity index (χ4v) is 4.32. The highest BCUT2D eigenvalue weighted by molar-refractivity contribution is 6.31. The topological polar surface area (TPSA) is 76.0 Å².